The van der Waals surface area contributed by atoms with E-state index in [0.29, 0.717) is 27.6 Å². The quantitative estimate of drug-likeness (QED) is 0.378. The molecule has 6 nitrogen and oxygen atoms in total. The van der Waals surface area contributed by atoms with E-state index >= 15 is 0 Å². The van der Waals surface area contributed by atoms with Crippen molar-refractivity contribution < 1.29 is 4.42 Å². The maximum Gasteiger partial charge on any atom is 0.260 e. The van der Waals surface area contributed by atoms with Gasteiger partial charge in [-0.05, 0) is 43.2 Å². The first-order valence-electron chi connectivity index (χ1n) is 9.38. The van der Waals surface area contributed by atoms with Crippen LogP contribution in [0, 0.1) is 13.8 Å². The minimum absolute atomic E-state index is 0.152. The molecule has 0 saturated carbocycles. The number of H-pyrrole nitrogens is 1. The van der Waals surface area contributed by atoms with E-state index in [1.165, 1.54) is 22.5 Å². The van der Waals surface area contributed by atoms with Gasteiger partial charge in [-0.1, -0.05) is 23.9 Å². The summed E-state index contributed by atoms with van der Waals surface area (Å²) in [6, 6.07) is 10.0. The monoisotopic (exact) mass is 434 g/mol. The zero-order chi connectivity index (χ0) is 20.7. The molecule has 0 aliphatic carbocycles. The standard InChI is InChI=1S/C22H18N4O2S2/c1-13-5-6-14(2)16(10-13)26-8-7-23-22(26)30-12-18-24-20(27)19-15(11-29-21(19)25-18)17-4-3-9-28-17/h3-11H,12H2,1-2H3,(H,24,25,27). The highest BCUT2D eigenvalue weighted by Crippen LogP contribution is 2.31. The summed E-state index contributed by atoms with van der Waals surface area (Å²) in [5.74, 6) is 1.81. The molecule has 0 fully saturated rings. The van der Waals surface area contributed by atoms with Gasteiger partial charge in [0, 0.05) is 23.3 Å². The number of nitrogens with one attached hydrogen (secondary N) is 1. The summed E-state index contributed by atoms with van der Waals surface area (Å²) in [7, 11) is 0. The number of hydrogen-bond acceptors (Lipinski definition) is 6. The smallest absolute Gasteiger partial charge is 0.260 e. The van der Waals surface area contributed by atoms with Crippen molar-refractivity contribution in [3.8, 4) is 17.0 Å². The van der Waals surface area contributed by atoms with Crippen molar-refractivity contribution in [2.75, 3.05) is 0 Å². The van der Waals surface area contributed by atoms with Gasteiger partial charge < -0.3 is 9.40 Å². The van der Waals surface area contributed by atoms with Crippen LogP contribution in [0.5, 0.6) is 0 Å². The van der Waals surface area contributed by atoms with Gasteiger partial charge in [-0.3, -0.25) is 9.36 Å². The maximum atomic E-state index is 12.7. The van der Waals surface area contributed by atoms with E-state index in [1.807, 2.05) is 23.7 Å². The number of nitrogens with zero attached hydrogens (tertiary/aromatic N) is 3. The molecule has 0 aliphatic heterocycles. The number of aromatic nitrogens is 4. The molecule has 4 heterocycles. The molecular formula is C22H18N4O2S2. The molecule has 0 bridgehead atoms. The zero-order valence-corrected chi connectivity index (χ0v) is 18.0. The third-order valence-corrected chi connectivity index (χ3v) is 6.70. The molecule has 0 aliphatic rings. The molecule has 0 spiro atoms. The Morgan fingerprint density at radius 2 is 2.17 bits per heavy atom. The molecule has 30 heavy (non-hydrogen) atoms. The highest BCUT2D eigenvalue weighted by Gasteiger charge is 2.15. The minimum Gasteiger partial charge on any atom is -0.464 e. The number of imidazole rings is 1. The first-order chi connectivity index (χ1) is 14.6. The molecule has 0 saturated heterocycles. The van der Waals surface area contributed by atoms with Crippen LogP contribution < -0.4 is 5.56 Å². The topological polar surface area (TPSA) is 76.7 Å². The minimum atomic E-state index is -0.152. The summed E-state index contributed by atoms with van der Waals surface area (Å²) in [5.41, 5.74) is 4.10. The number of benzene rings is 1. The fraction of sp³-hybridized carbons (Fsp3) is 0.136. The van der Waals surface area contributed by atoms with Crippen LogP contribution in [-0.4, -0.2) is 19.5 Å². The van der Waals surface area contributed by atoms with Crippen molar-refractivity contribution in [2.45, 2.75) is 24.8 Å². The van der Waals surface area contributed by atoms with Crippen molar-refractivity contribution in [3.63, 3.8) is 0 Å². The Labute approximate surface area is 180 Å². The van der Waals surface area contributed by atoms with Gasteiger partial charge in [-0.25, -0.2) is 9.97 Å². The van der Waals surface area contributed by atoms with Crippen molar-refractivity contribution in [3.05, 3.63) is 81.7 Å². The van der Waals surface area contributed by atoms with Crippen LogP contribution in [0.25, 0.3) is 27.2 Å². The van der Waals surface area contributed by atoms with Crippen LogP contribution >= 0.6 is 23.1 Å². The number of rotatable bonds is 5. The number of aryl methyl sites for hydroxylation is 2. The van der Waals surface area contributed by atoms with E-state index in [2.05, 4.69) is 51.6 Å². The number of fused-ring (bicyclic) bond motifs is 1. The van der Waals surface area contributed by atoms with E-state index in [4.69, 9.17) is 4.42 Å². The van der Waals surface area contributed by atoms with Crippen molar-refractivity contribution in [1.29, 1.82) is 0 Å². The molecule has 0 amide bonds. The second-order valence-corrected chi connectivity index (χ2v) is 8.78. The Bertz CT molecular complexity index is 1400. The van der Waals surface area contributed by atoms with Gasteiger partial charge in [0.1, 0.15) is 16.4 Å². The van der Waals surface area contributed by atoms with E-state index < -0.39 is 0 Å². The lowest BCUT2D eigenvalue weighted by Gasteiger charge is -2.11. The van der Waals surface area contributed by atoms with Crippen molar-refractivity contribution >= 4 is 33.3 Å². The summed E-state index contributed by atoms with van der Waals surface area (Å²) in [4.78, 5) is 25.5. The number of aromatic amines is 1. The molecule has 0 unspecified atom stereocenters. The SMILES string of the molecule is Cc1ccc(C)c(-n2ccnc2SCc2nc3scc(-c4ccco4)c3c(=O)[nH]2)c1. The van der Waals surface area contributed by atoms with E-state index in [0.717, 1.165) is 16.4 Å². The fourth-order valence-electron chi connectivity index (χ4n) is 3.37. The highest BCUT2D eigenvalue weighted by molar-refractivity contribution is 7.98. The van der Waals surface area contributed by atoms with E-state index in [9.17, 15) is 4.79 Å². The summed E-state index contributed by atoms with van der Waals surface area (Å²) in [6.45, 7) is 4.16. The normalized spacial score (nSPS) is 11.4. The first-order valence-corrected chi connectivity index (χ1v) is 11.2. The lowest BCUT2D eigenvalue weighted by Crippen LogP contribution is -2.11. The Hall–Kier alpha value is -3.10. The summed E-state index contributed by atoms with van der Waals surface area (Å²) in [5, 5.41) is 3.34. The molecule has 8 heteroatoms. The van der Waals surface area contributed by atoms with E-state index in [-0.39, 0.29) is 5.56 Å². The summed E-state index contributed by atoms with van der Waals surface area (Å²) < 4.78 is 7.53. The first kappa shape index (κ1) is 18.9. The van der Waals surface area contributed by atoms with Gasteiger partial charge in [0.25, 0.3) is 5.56 Å². The van der Waals surface area contributed by atoms with E-state index in [1.54, 1.807) is 24.2 Å². The van der Waals surface area contributed by atoms with Crippen LogP contribution in [0.2, 0.25) is 0 Å². The predicted molar refractivity (Wildman–Crippen MR) is 121 cm³/mol. The average molecular weight is 435 g/mol. The largest absolute Gasteiger partial charge is 0.464 e. The second-order valence-electron chi connectivity index (χ2n) is 6.98. The van der Waals surface area contributed by atoms with Gasteiger partial charge in [-0.15, -0.1) is 11.3 Å². The molecule has 4 aromatic heterocycles. The van der Waals surface area contributed by atoms with Crippen molar-refractivity contribution in [1.82, 2.24) is 19.5 Å². The number of furan rings is 1. The fourth-order valence-corrected chi connectivity index (χ4v) is 5.15. The summed E-state index contributed by atoms with van der Waals surface area (Å²) in [6.07, 6.45) is 5.35. The zero-order valence-electron chi connectivity index (χ0n) is 16.4. The van der Waals surface area contributed by atoms with Crippen LogP contribution in [0.15, 0.2) is 68.7 Å². The van der Waals surface area contributed by atoms with Gasteiger partial charge in [0.2, 0.25) is 0 Å². The number of hydrogen-bond donors (Lipinski definition) is 1. The molecule has 0 radical (unpaired) electrons. The Morgan fingerprint density at radius 3 is 3.00 bits per heavy atom. The average Bonchev–Trinajstić information content (AvgIpc) is 3.48. The Morgan fingerprint density at radius 1 is 1.27 bits per heavy atom. The molecule has 5 rings (SSSR count). The van der Waals surface area contributed by atoms with Gasteiger partial charge in [0.15, 0.2) is 5.16 Å². The van der Waals surface area contributed by atoms with Crippen LogP contribution in [-0.2, 0) is 5.75 Å². The molecule has 1 aromatic carbocycles. The predicted octanol–water partition coefficient (Wildman–Crippen LogP) is 5.34. The lowest BCUT2D eigenvalue weighted by atomic mass is 10.1. The molecular weight excluding hydrogens is 416 g/mol. The third-order valence-electron chi connectivity index (χ3n) is 4.85. The molecule has 150 valence electrons. The second kappa shape index (κ2) is 7.62. The van der Waals surface area contributed by atoms with Crippen LogP contribution in [0.4, 0.5) is 0 Å². The van der Waals surface area contributed by atoms with Gasteiger partial charge in [-0.2, -0.15) is 0 Å². The maximum absolute atomic E-state index is 12.7. The van der Waals surface area contributed by atoms with Crippen molar-refractivity contribution in [2.24, 2.45) is 0 Å². The highest BCUT2D eigenvalue weighted by atomic mass is 32.2. The Balaban J connectivity index is 1.44. The molecule has 1 N–H and O–H groups in total. The van der Waals surface area contributed by atoms with Gasteiger partial charge >= 0.3 is 0 Å². The van der Waals surface area contributed by atoms with Crippen LogP contribution in [0.3, 0.4) is 0 Å². The van der Waals surface area contributed by atoms with Gasteiger partial charge in [0.05, 0.1) is 23.1 Å². The number of thioether (sulfide) groups is 1. The number of thiophene rings is 1. The molecule has 5 aromatic rings. The third kappa shape index (κ3) is 3.38. The van der Waals surface area contributed by atoms with Crippen LogP contribution in [0.1, 0.15) is 17.0 Å². The lowest BCUT2D eigenvalue weighted by molar-refractivity contribution is 0.583. The summed E-state index contributed by atoms with van der Waals surface area (Å²) >= 11 is 2.99. The molecule has 0 atom stereocenters. The Kier molecular flexibility index (Phi) is 4.80.